The molecular weight excluding hydrogens is 234 g/mol. The largest absolute Gasteiger partial charge is 0.476 e. The molecule has 5 nitrogen and oxygen atoms in total. The summed E-state index contributed by atoms with van der Waals surface area (Å²) >= 11 is 0. The quantitative estimate of drug-likeness (QED) is 0.875. The lowest BCUT2D eigenvalue weighted by Gasteiger charge is -1.95. The van der Waals surface area contributed by atoms with Gasteiger partial charge >= 0.3 is 12.0 Å². The molecule has 0 bridgehead atoms. The Bertz CT molecular complexity index is 545. The van der Waals surface area contributed by atoms with Gasteiger partial charge in [0.05, 0.1) is 0 Å². The molecule has 1 aromatic carbocycles. The van der Waals surface area contributed by atoms with Gasteiger partial charge in [-0.15, -0.1) is 0 Å². The van der Waals surface area contributed by atoms with E-state index in [2.05, 4.69) is 4.98 Å². The Balaban J connectivity index is 1.85. The minimum Gasteiger partial charge on any atom is -0.476 e. The van der Waals surface area contributed by atoms with Gasteiger partial charge in [0.15, 0.2) is 5.69 Å². The number of hydrogen-bond donors (Lipinski definition) is 1. The molecule has 5 heteroatoms. The third kappa shape index (κ3) is 3.21. The monoisotopic (exact) mass is 245 g/mol. The lowest BCUT2D eigenvalue weighted by atomic mass is 10.2. The zero-order chi connectivity index (χ0) is 12.8. The first-order valence-corrected chi connectivity index (χ1v) is 5.29. The van der Waals surface area contributed by atoms with Crippen molar-refractivity contribution >= 4 is 12.0 Å². The number of carboxylic acids is 1. The van der Waals surface area contributed by atoms with E-state index in [-0.39, 0.29) is 18.4 Å². The molecular formula is C13H11NO4. The van der Waals surface area contributed by atoms with Crippen LogP contribution in [0.4, 0.5) is 0 Å². The Labute approximate surface area is 103 Å². The number of ether oxygens (including phenoxy) is 1. The molecule has 2 aromatic rings. The average molecular weight is 245 g/mol. The van der Waals surface area contributed by atoms with Gasteiger partial charge in [0, 0.05) is 0 Å². The van der Waals surface area contributed by atoms with E-state index >= 15 is 0 Å². The molecule has 0 spiro atoms. The van der Waals surface area contributed by atoms with Crippen LogP contribution in [-0.4, -0.2) is 22.7 Å². The van der Waals surface area contributed by atoms with Crippen LogP contribution in [0.3, 0.4) is 0 Å². The van der Waals surface area contributed by atoms with Crippen LogP contribution in [0, 0.1) is 0 Å². The smallest absolute Gasteiger partial charge is 0.394 e. The molecule has 1 N–H and O–H groups in total. The van der Waals surface area contributed by atoms with Gasteiger partial charge < -0.3 is 14.3 Å². The maximum Gasteiger partial charge on any atom is 0.394 e. The molecule has 0 radical (unpaired) electrons. The van der Waals surface area contributed by atoms with Gasteiger partial charge in [0.1, 0.15) is 12.9 Å². The van der Waals surface area contributed by atoms with E-state index in [0.29, 0.717) is 0 Å². The number of carboxylic acid groups (broad SMARTS) is 1. The van der Waals surface area contributed by atoms with E-state index in [1.54, 1.807) is 6.08 Å². The summed E-state index contributed by atoms with van der Waals surface area (Å²) in [7, 11) is 0. The number of carbonyl (C=O) groups is 1. The summed E-state index contributed by atoms with van der Waals surface area (Å²) in [6.07, 6.45) is 4.67. The Morgan fingerprint density at radius 2 is 2.17 bits per heavy atom. The van der Waals surface area contributed by atoms with Crippen molar-refractivity contribution in [3.8, 4) is 6.08 Å². The molecule has 0 aliphatic heterocycles. The highest BCUT2D eigenvalue weighted by Crippen LogP contribution is 2.10. The van der Waals surface area contributed by atoms with Crippen molar-refractivity contribution in [2.75, 3.05) is 6.61 Å². The molecule has 92 valence electrons. The maximum absolute atomic E-state index is 10.5. The fraction of sp³-hybridized carbons (Fsp3) is 0.0769. The van der Waals surface area contributed by atoms with Gasteiger partial charge in [0.25, 0.3) is 0 Å². The molecule has 1 aromatic heterocycles. The molecule has 0 aliphatic rings. The highest BCUT2D eigenvalue weighted by molar-refractivity contribution is 5.84. The zero-order valence-electron chi connectivity index (χ0n) is 9.45. The summed E-state index contributed by atoms with van der Waals surface area (Å²) in [4.78, 5) is 14.2. The second kappa shape index (κ2) is 5.67. The van der Waals surface area contributed by atoms with Crippen molar-refractivity contribution in [2.45, 2.75) is 0 Å². The van der Waals surface area contributed by atoms with Crippen molar-refractivity contribution in [2.24, 2.45) is 0 Å². The van der Waals surface area contributed by atoms with E-state index in [1.165, 1.54) is 0 Å². The molecule has 0 saturated heterocycles. The number of aromatic carboxylic acids is 1. The third-order valence-corrected chi connectivity index (χ3v) is 2.12. The number of nitrogens with zero attached hydrogens (tertiary/aromatic N) is 1. The predicted octanol–water partition coefficient (Wildman–Crippen LogP) is 2.47. The topological polar surface area (TPSA) is 72.6 Å². The van der Waals surface area contributed by atoms with Crippen LogP contribution in [0.1, 0.15) is 16.1 Å². The van der Waals surface area contributed by atoms with E-state index in [9.17, 15) is 4.79 Å². The predicted molar refractivity (Wildman–Crippen MR) is 64.4 cm³/mol. The molecule has 0 unspecified atom stereocenters. The van der Waals surface area contributed by atoms with Crippen molar-refractivity contribution in [1.82, 2.24) is 4.98 Å². The van der Waals surface area contributed by atoms with Gasteiger partial charge in [-0.1, -0.05) is 36.4 Å². The van der Waals surface area contributed by atoms with Crippen LogP contribution < -0.4 is 4.74 Å². The first-order valence-electron chi connectivity index (χ1n) is 5.29. The molecule has 0 amide bonds. The number of hydrogen-bond acceptors (Lipinski definition) is 4. The first-order chi connectivity index (χ1) is 8.75. The van der Waals surface area contributed by atoms with Crippen LogP contribution in [0.15, 0.2) is 47.1 Å². The van der Waals surface area contributed by atoms with Crippen LogP contribution in [-0.2, 0) is 0 Å². The van der Waals surface area contributed by atoms with Gasteiger partial charge in [0.2, 0.25) is 0 Å². The number of aromatic nitrogens is 1. The van der Waals surface area contributed by atoms with E-state index in [0.717, 1.165) is 11.8 Å². The van der Waals surface area contributed by atoms with Gasteiger partial charge in [-0.05, 0) is 11.6 Å². The molecule has 2 rings (SSSR count). The number of rotatable bonds is 5. The van der Waals surface area contributed by atoms with Crippen LogP contribution >= 0.6 is 0 Å². The minimum absolute atomic E-state index is 0.0508. The van der Waals surface area contributed by atoms with Crippen LogP contribution in [0.25, 0.3) is 6.08 Å². The Morgan fingerprint density at radius 3 is 2.83 bits per heavy atom. The molecule has 0 aliphatic carbocycles. The standard InChI is InChI=1S/C13H11NO4/c15-12(16)11-9-18-13(14-11)17-8-4-7-10-5-2-1-3-6-10/h1-7,9H,8H2,(H,15,16)/b7-4+. The Kier molecular flexibility index (Phi) is 3.76. The van der Waals surface area contributed by atoms with Crippen LogP contribution in [0.5, 0.6) is 6.08 Å². The minimum atomic E-state index is -1.14. The summed E-state index contributed by atoms with van der Waals surface area (Å²) in [5, 5.41) is 8.63. The van der Waals surface area contributed by atoms with E-state index < -0.39 is 5.97 Å². The average Bonchev–Trinajstić information content (AvgIpc) is 2.85. The fourth-order valence-electron chi connectivity index (χ4n) is 1.29. The summed E-state index contributed by atoms with van der Waals surface area (Å²) in [6, 6.07) is 9.74. The summed E-state index contributed by atoms with van der Waals surface area (Å²) in [5.74, 6) is -1.14. The first kappa shape index (κ1) is 11.9. The summed E-state index contributed by atoms with van der Waals surface area (Å²) in [5.41, 5.74) is 0.886. The number of benzene rings is 1. The van der Waals surface area contributed by atoms with Gasteiger partial charge in [-0.3, -0.25) is 0 Å². The maximum atomic E-state index is 10.5. The highest BCUT2D eigenvalue weighted by Gasteiger charge is 2.10. The van der Waals surface area contributed by atoms with Gasteiger partial charge in [-0.25, -0.2) is 4.79 Å². The van der Waals surface area contributed by atoms with Crippen molar-refractivity contribution in [1.29, 1.82) is 0 Å². The molecule has 1 heterocycles. The third-order valence-electron chi connectivity index (χ3n) is 2.12. The summed E-state index contributed by atoms with van der Waals surface area (Å²) < 4.78 is 9.96. The summed E-state index contributed by atoms with van der Waals surface area (Å²) in [6.45, 7) is 0.258. The second-order valence-electron chi connectivity index (χ2n) is 3.43. The van der Waals surface area contributed by atoms with E-state index in [1.807, 2.05) is 36.4 Å². The Morgan fingerprint density at radius 1 is 1.39 bits per heavy atom. The molecule has 0 saturated carbocycles. The van der Waals surface area contributed by atoms with Gasteiger partial charge in [-0.2, -0.15) is 4.98 Å². The number of oxazole rings is 1. The fourth-order valence-corrected chi connectivity index (χ4v) is 1.29. The van der Waals surface area contributed by atoms with Crippen molar-refractivity contribution in [3.05, 3.63) is 53.9 Å². The van der Waals surface area contributed by atoms with Crippen LogP contribution in [0.2, 0.25) is 0 Å². The molecule has 18 heavy (non-hydrogen) atoms. The Hall–Kier alpha value is -2.56. The zero-order valence-corrected chi connectivity index (χ0v) is 9.45. The molecule has 0 atom stereocenters. The highest BCUT2D eigenvalue weighted by atomic mass is 16.6. The lowest BCUT2D eigenvalue weighted by Crippen LogP contribution is -1.97. The van der Waals surface area contributed by atoms with E-state index in [4.69, 9.17) is 14.3 Å². The van der Waals surface area contributed by atoms with Crippen molar-refractivity contribution in [3.63, 3.8) is 0 Å². The molecule has 0 fully saturated rings. The SMILES string of the molecule is O=C(O)c1coc(OC/C=C/c2ccccc2)n1. The normalized spacial score (nSPS) is 10.7. The van der Waals surface area contributed by atoms with Crippen molar-refractivity contribution < 1.29 is 19.1 Å². The lowest BCUT2D eigenvalue weighted by molar-refractivity contribution is 0.0690. The second-order valence-corrected chi connectivity index (χ2v) is 3.43.